The van der Waals surface area contributed by atoms with E-state index < -0.39 is 0 Å². The zero-order chi connectivity index (χ0) is 42.6. The maximum atomic E-state index is 4.11. The SMILES string of the molecule is C=C/C=C\c1c(Cn2c3c(c4ccccc42)CCC=C3)c2ccccc2n1-c1ccc2c3ccccc3n(-c3cc(-c4ccccc4)cc(-c4cccc(-c5ccccc5)c4)c3)c2c1. The second kappa shape index (κ2) is 15.6. The molecule has 8 aromatic carbocycles. The number of allylic oxidation sites excluding steroid dienone is 3. The van der Waals surface area contributed by atoms with Crippen molar-refractivity contribution in [3.63, 3.8) is 0 Å². The molecule has 0 saturated heterocycles. The smallest absolute Gasteiger partial charge is 0.0561 e. The van der Waals surface area contributed by atoms with E-state index in [0.29, 0.717) is 0 Å². The Balaban J connectivity index is 1.09. The molecule has 304 valence electrons. The number of benzene rings is 8. The molecule has 3 heterocycles. The van der Waals surface area contributed by atoms with Crippen molar-refractivity contribution in [2.24, 2.45) is 0 Å². The molecule has 1 aliphatic rings. The minimum atomic E-state index is 0.744. The van der Waals surface area contributed by atoms with Gasteiger partial charge in [-0.2, -0.15) is 0 Å². The van der Waals surface area contributed by atoms with Gasteiger partial charge in [0.05, 0.1) is 28.8 Å². The summed E-state index contributed by atoms with van der Waals surface area (Å²) >= 11 is 0. The number of hydrogen-bond donors (Lipinski definition) is 0. The maximum absolute atomic E-state index is 4.11. The highest BCUT2D eigenvalue weighted by Crippen LogP contribution is 2.40. The molecule has 11 aromatic rings. The predicted octanol–water partition coefficient (Wildman–Crippen LogP) is 15.9. The van der Waals surface area contributed by atoms with E-state index in [2.05, 4.69) is 239 Å². The lowest BCUT2D eigenvalue weighted by molar-refractivity contribution is 0.812. The van der Waals surface area contributed by atoms with Crippen LogP contribution in [0.15, 0.2) is 219 Å². The molecule has 0 bridgehead atoms. The van der Waals surface area contributed by atoms with Crippen LogP contribution in [0.4, 0.5) is 0 Å². The van der Waals surface area contributed by atoms with Crippen molar-refractivity contribution in [3.05, 3.63) is 241 Å². The predicted molar refractivity (Wildman–Crippen MR) is 272 cm³/mol. The van der Waals surface area contributed by atoms with Gasteiger partial charge in [-0.05, 0) is 119 Å². The van der Waals surface area contributed by atoms with Gasteiger partial charge in [-0.3, -0.25) is 0 Å². The first kappa shape index (κ1) is 37.6. The van der Waals surface area contributed by atoms with Crippen molar-refractivity contribution < 1.29 is 0 Å². The Morgan fingerprint density at radius 3 is 1.78 bits per heavy atom. The lowest BCUT2D eigenvalue weighted by Gasteiger charge is -2.16. The Labute approximate surface area is 373 Å². The van der Waals surface area contributed by atoms with Crippen LogP contribution in [0.25, 0.3) is 101 Å². The number of rotatable bonds is 9. The van der Waals surface area contributed by atoms with E-state index in [0.717, 1.165) is 42.0 Å². The highest BCUT2D eigenvalue weighted by molar-refractivity contribution is 6.10. The molecule has 0 unspecified atom stereocenters. The van der Waals surface area contributed by atoms with Crippen LogP contribution in [-0.4, -0.2) is 13.7 Å². The minimum Gasteiger partial charge on any atom is -0.336 e. The van der Waals surface area contributed by atoms with E-state index in [1.165, 1.54) is 88.3 Å². The molecule has 0 amide bonds. The largest absolute Gasteiger partial charge is 0.336 e. The van der Waals surface area contributed by atoms with Crippen LogP contribution in [0.2, 0.25) is 0 Å². The number of hydrogen-bond acceptors (Lipinski definition) is 0. The Bertz CT molecular complexity index is 3650. The third-order valence-corrected chi connectivity index (χ3v) is 13.2. The lowest BCUT2D eigenvalue weighted by Crippen LogP contribution is -2.06. The average molecular weight is 820 g/mol. The zero-order valence-electron chi connectivity index (χ0n) is 35.5. The summed E-state index contributed by atoms with van der Waals surface area (Å²) in [6.07, 6.45) is 13.0. The molecule has 0 saturated carbocycles. The summed E-state index contributed by atoms with van der Waals surface area (Å²) in [4.78, 5) is 0. The van der Waals surface area contributed by atoms with Crippen molar-refractivity contribution in [2.75, 3.05) is 0 Å². The Kier molecular flexibility index (Phi) is 9.19. The van der Waals surface area contributed by atoms with Gasteiger partial charge in [-0.15, -0.1) is 0 Å². The Morgan fingerprint density at radius 1 is 0.453 bits per heavy atom. The third-order valence-electron chi connectivity index (χ3n) is 13.2. The third kappa shape index (κ3) is 6.28. The van der Waals surface area contributed by atoms with Crippen LogP contribution in [0.1, 0.15) is 28.9 Å². The van der Waals surface area contributed by atoms with E-state index in [1.54, 1.807) is 0 Å². The number of aromatic nitrogens is 3. The Hall–Kier alpha value is -8.14. The number of para-hydroxylation sites is 3. The second-order valence-electron chi connectivity index (χ2n) is 16.9. The zero-order valence-corrected chi connectivity index (χ0v) is 35.5. The van der Waals surface area contributed by atoms with Crippen molar-refractivity contribution >= 4 is 55.8 Å². The number of aryl methyl sites for hydroxylation is 1. The molecule has 64 heavy (non-hydrogen) atoms. The first-order valence-corrected chi connectivity index (χ1v) is 22.3. The molecule has 1 aliphatic carbocycles. The van der Waals surface area contributed by atoms with E-state index >= 15 is 0 Å². The summed E-state index contributed by atoms with van der Waals surface area (Å²) in [5.74, 6) is 0. The van der Waals surface area contributed by atoms with Gasteiger partial charge in [-0.25, -0.2) is 0 Å². The molecular formula is C61H45N3. The molecule has 0 fully saturated rings. The van der Waals surface area contributed by atoms with Crippen LogP contribution in [-0.2, 0) is 13.0 Å². The standard InChI is InChI=1S/C61H45N3/c1-2-3-29-60-55(41-62-56-30-14-10-25-50(56)51-26-11-15-31-57(51)62)53-28-13-17-33-59(53)63(60)48-34-35-54-52-27-12-16-32-58(52)64(61(54)40-48)49-38-46(43-21-8-5-9-22-43)37-47(39-49)45-24-18-23-44(36-45)42-19-6-4-7-20-42/h2-10,12-25,27-40H,1,11,26,41H2/b29-3-. The number of fused-ring (bicyclic) bond motifs is 7. The lowest BCUT2D eigenvalue weighted by atomic mass is 9.95. The second-order valence-corrected chi connectivity index (χ2v) is 16.9. The monoisotopic (exact) mass is 819 g/mol. The van der Waals surface area contributed by atoms with E-state index in [9.17, 15) is 0 Å². The normalized spacial score (nSPS) is 12.6. The van der Waals surface area contributed by atoms with Crippen molar-refractivity contribution in [1.82, 2.24) is 13.7 Å². The summed E-state index contributed by atoms with van der Waals surface area (Å²) in [6.45, 7) is 4.85. The van der Waals surface area contributed by atoms with Gasteiger partial charge in [0.25, 0.3) is 0 Å². The van der Waals surface area contributed by atoms with E-state index in [-0.39, 0.29) is 0 Å². The fraction of sp³-hybridized carbons (Fsp3) is 0.0492. The summed E-state index contributed by atoms with van der Waals surface area (Å²) < 4.78 is 7.47. The average Bonchev–Trinajstić information content (AvgIpc) is 3.99. The Morgan fingerprint density at radius 2 is 1.03 bits per heavy atom. The summed E-state index contributed by atoms with van der Waals surface area (Å²) in [7, 11) is 0. The van der Waals surface area contributed by atoms with Crippen LogP contribution < -0.4 is 0 Å². The minimum absolute atomic E-state index is 0.744. The van der Waals surface area contributed by atoms with Crippen molar-refractivity contribution in [2.45, 2.75) is 19.4 Å². The first-order valence-electron chi connectivity index (χ1n) is 22.3. The van der Waals surface area contributed by atoms with Crippen LogP contribution >= 0.6 is 0 Å². The van der Waals surface area contributed by atoms with E-state index in [1.807, 2.05) is 6.08 Å². The fourth-order valence-corrected chi connectivity index (χ4v) is 10.3. The molecule has 3 aromatic heterocycles. The summed E-state index contributed by atoms with van der Waals surface area (Å²) in [5.41, 5.74) is 19.3. The van der Waals surface area contributed by atoms with Gasteiger partial charge in [0, 0.05) is 49.7 Å². The van der Waals surface area contributed by atoms with Gasteiger partial charge in [-0.1, -0.05) is 164 Å². The topological polar surface area (TPSA) is 14.8 Å². The fourth-order valence-electron chi connectivity index (χ4n) is 10.3. The van der Waals surface area contributed by atoms with Crippen LogP contribution in [0.3, 0.4) is 0 Å². The van der Waals surface area contributed by atoms with Gasteiger partial charge in [0.1, 0.15) is 0 Å². The molecule has 12 rings (SSSR count). The van der Waals surface area contributed by atoms with Crippen LogP contribution in [0.5, 0.6) is 0 Å². The molecule has 0 aliphatic heterocycles. The first-order chi connectivity index (χ1) is 31.7. The summed E-state index contributed by atoms with van der Waals surface area (Å²) in [5, 5.41) is 5.05. The van der Waals surface area contributed by atoms with Gasteiger partial charge in [0.15, 0.2) is 0 Å². The molecular weight excluding hydrogens is 775 g/mol. The highest BCUT2D eigenvalue weighted by atomic mass is 15.0. The highest BCUT2D eigenvalue weighted by Gasteiger charge is 2.23. The molecule has 0 radical (unpaired) electrons. The van der Waals surface area contributed by atoms with Gasteiger partial charge in [0.2, 0.25) is 0 Å². The van der Waals surface area contributed by atoms with Gasteiger partial charge >= 0.3 is 0 Å². The molecule has 0 spiro atoms. The maximum Gasteiger partial charge on any atom is 0.0561 e. The summed E-state index contributed by atoms with van der Waals surface area (Å²) in [6, 6.07) is 71.1. The molecule has 0 atom stereocenters. The molecule has 0 N–H and O–H groups in total. The van der Waals surface area contributed by atoms with Crippen LogP contribution in [0, 0.1) is 0 Å². The number of nitrogens with zero attached hydrogens (tertiary/aromatic N) is 3. The molecule has 3 nitrogen and oxygen atoms in total. The quantitative estimate of drug-likeness (QED) is 0.129. The van der Waals surface area contributed by atoms with Gasteiger partial charge < -0.3 is 13.7 Å². The van der Waals surface area contributed by atoms with Crippen molar-refractivity contribution in [3.8, 4) is 44.8 Å². The van der Waals surface area contributed by atoms with Crippen molar-refractivity contribution in [1.29, 1.82) is 0 Å². The van der Waals surface area contributed by atoms with E-state index in [4.69, 9.17) is 0 Å². The molecule has 3 heteroatoms.